The second-order valence-corrected chi connectivity index (χ2v) is 11.2. The normalized spacial score (nSPS) is 20.8. The molecule has 3 aromatic carbocycles. The first-order chi connectivity index (χ1) is 20.7. The maximum atomic E-state index is 14.5. The second kappa shape index (κ2) is 12.2. The summed E-state index contributed by atoms with van der Waals surface area (Å²) in [5.74, 6) is -6.43. The highest BCUT2D eigenvalue weighted by atomic mass is 35.5. The largest absolute Gasteiger partial charge is 0.383 e. The Labute approximate surface area is 262 Å². The molecule has 2 atom stereocenters. The second-order valence-electron chi connectivity index (χ2n) is 10.4. The maximum absolute atomic E-state index is 14.5. The van der Waals surface area contributed by atoms with E-state index >= 15 is 0 Å². The molecule has 4 rings (SSSR count). The van der Waals surface area contributed by atoms with Crippen molar-refractivity contribution in [2.75, 3.05) is 18.9 Å². The van der Waals surface area contributed by atoms with Gasteiger partial charge in [0.25, 0.3) is 11.8 Å². The molecule has 3 aromatic rings. The molecule has 6 amide bonds. The number of anilines is 1. The van der Waals surface area contributed by atoms with Crippen LogP contribution < -0.4 is 22.5 Å². The van der Waals surface area contributed by atoms with E-state index in [9.17, 15) is 29.1 Å². The van der Waals surface area contributed by atoms with E-state index in [2.05, 4.69) is 5.32 Å². The highest BCUT2D eigenvalue weighted by Gasteiger charge is 2.81. The van der Waals surface area contributed by atoms with E-state index in [1.54, 1.807) is 36.4 Å². The molecule has 1 heterocycles. The zero-order valence-electron chi connectivity index (χ0n) is 23.5. The van der Waals surface area contributed by atoms with Crippen LogP contribution in [0.3, 0.4) is 0 Å². The summed E-state index contributed by atoms with van der Waals surface area (Å²) in [6.07, 6.45) is -0.539. The summed E-state index contributed by atoms with van der Waals surface area (Å²) in [4.78, 5) is 71.8. The average molecular weight is 642 g/mol. The quantitative estimate of drug-likeness (QED) is 0.233. The van der Waals surface area contributed by atoms with Gasteiger partial charge in [-0.1, -0.05) is 83.9 Å². The summed E-state index contributed by atoms with van der Waals surface area (Å²) in [6, 6.07) is 19.0. The highest BCUT2D eigenvalue weighted by molar-refractivity contribution is 6.42. The molecule has 0 radical (unpaired) electrons. The Hall–Kier alpha value is -4.65. The molecule has 0 saturated carbocycles. The number of carbonyl (C=O) groups is 5. The van der Waals surface area contributed by atoms with Crippen LogP contribution >= 0.6 is 23.2 Å². The molecule has 8 N–H and O–H groups in total. The van der Waals surface area contributed by atoms with E-state index in [0.717, 1.165) is 4.90 Å². The van der Waals surface area contributed by atoms with Gasteiger partial charge in [-0.15, -0.1) is 0 Å². The summed E-state index contributed by atoms with van der Waals surface area (Å²) in [5, 5.41) is 14.9. The van der Waals surface area contributed by atoms with Crippen LogP contribution in [0.1, 0.15) is 17.5 Å². The van der Waals surface area contributed by atoms with Crippen LogP contribution in [0.15, 0.2) is 78.9 Å². The zero-order valence-corrected chi connectivity index (χ0v) is 25.0. The van der Waals surface area contributed by atoms with Gasteiger partial charge in [-0.05, 0) is 35.7 Å². The van der Waals surface area contributed by atoms with E-state index in [1.807, 2.05) is 0 Å². The molecule has 1 fully saturated rings. The van der Waals surface area contributed by atoms with Gasteiger partial charge in [-0.3, -0.25) is 19.2 Å². The number of halogens is 2. The summed E-state index contributed by atoms with van der Waals surface area (Å²) < 4.78 is 0. The van der Waals surface area contributed by atoms with Crippen LogP contribution in [0, 0.1) is 5.41 Å². The van der Waals surface area contributed by atoms with Gasteiger partial charge < -0.3 is 37.4 Å². The number of aliphatic hydroxyl groups is 1. The molecule has 1 aliphatic heterocycles. The minimum absolute atomic E-state index is 0.00798. The molecular formula is C30H30Cl2N6O6. The molecule has 0 aliphatic carbocycles. The van der Waals surface area contributed by atoms with Gasteiger partial charge in [0, 0.05) is 25.8 Å². The molecule has 0 aromatic heterocycles. The first-order valence-corrected chi connectivity index (χ1v) is 14.0. The Balaban J connectivity index is 2.03. The molecule has 44 heavy (non-hydrogen) atoms. The van der Waals surface area contributed by atoms with Crippen molar-refractivity contribution >= 4 is 58.5 Å². The lowest BCUT2D eigenvalue weighted by Gasteiger charge is -2.59. The Morgan fingerprint density at radius 2 is 1.43 bits per heavy atom. The molecule has 1 saturated heterocycles. The minimum Gasteiger partial charge on any atom is -0.383 e. The van der Waals surface area contributed by atoms with Crippen molar-refractivity contribution in [1.29, 1.82) is 0 Å². The first kappa shape index (κ1) is 32.3. The Morgan fingerprint density at radius 1 is 0.864 bits per heavy atom. The third kappa shape index (κ3) is 4.90. The van der Waals surface area contributed by atoms with Gasteiger partial charge in [-0.25, -0.2) is 4.79 Å². The van der Waals surface area contributed by atoms with Crippen LogP contribution in [-0.4, -0.2) is 63.7 Å². The SMILES string of the molecule is CN(Cc1ccccc1)C(=O)N1CCC(O)(c2ccccc2)C(C(N)=O)(C(N)=O)C1(C(N)=O)C(=O)Nc1ccc(Cl)c(Cl)c1. The molecule has 0 bridgehead atoms. The topological polar surface area (TPSA) is 202 Å². The van der Waals surface area contributed by atoms with Crippen LogP contribution in [0.4, 0.5) is 10.5 Å². The van der Waals surface area contributed by atoms with E-state index in [0.29, 0.717) is 10.5 Å². The summed E-state index contributed by atoms with van der Waals surface area (Å²) in [5.41, 5.74) is 8.98. The molecule has 230 valence electrons. The molecule has 2 unspecified atom stereocenters. The summed E-state index contributed by atoms with van der Waals surface area (Å²) >= 11 is 12.1. The third-order valence-electron chi connectivity index (χ3n) is 7.94. The highest BCUT2D eigenvalue weighted by Crippen LogP contribution is 2.56. The number of likely N-dealkylation sites (tertiary alicyclic amines) is 1. The van der Waals surface area contributed by atoms with Gasteiger partial charge >= 0.3 is 6.03 Å². The number of hydrogen-bond acceptors (Lipinski definition) is 6. The predicted octanol–water partition coefficient (Wildman–Crippen LogP) is 1.96. The van der Waals surface area contributed by atoms with Crippen molar-refractivity contribution in [3.8, 4) is 0 Å². The fraction of sp³-hybridized carbons (Fsp3) is 0.233. The van der Waals surface area contributed by atoms with Gasteiger partial charge in [0.15, 0.2) is 0 Å². The molecule has 0 spiro atoms. The maximum Gasteiger partial charge on any atom is 0.321 e. The zero-order chi connectivity index (χ0) is 32.4. The summed E-state index contributed by atoms with van der Waals surface area (Å²) in [6.45, 7) is -0.550. The van der Waals surface area contributed by atoms with Crippen molar-refractivity contribution in [2.45, 2.75) is 24.1 Å². The number of piperidine rings is 1. The average Bonchev–Trinajstić information content (AvgIpc) is 2.98. The molecular weight excluding hydrogens is 611 g/mol. The smallest absolute Gasteiger partial charge is 0.321 e. The molecule has 1 aliphatic rings. The lowest BCUT2D eigenvalue weighted by Crippen LogP contribution is -2.86. The first-order valence-electron chi connectivity index (χ1n) is 13.3. The number of hydrogen-bond donors (Lipinski definition) is 5. The fourth-order valence-corrected chi connectivity index (χ4v) is 6.28. The van der Waals surface area contributed by atoms with E-state index in [4.69, 9.17) is 40.4 Å². The fourth-order valence-electron chi connectivity index (χ4n) is 5.98. The number of nitrogens with two attached hydrogens (primary N) is 3. The van der Waals surface area contributed by atoms with E-state index < -0.39 is 59.2 Å². The number of urea groups is 1. The van der Waals surface area contributed by atoms with Crippen LogP contribution in [0.2, 0.25) is 10.0 Å². The van der Waals surface area contributed by atoms with Crippen molar-refractivity contribution in [3.05, 3.63) is 100 Å². The minimum atomic E-state index is -3.32. The molecule has 14 heteroatoms. The van der Waals surface area contributed by atoms with E-state index in [1.165, 1.54) is 49.5 Å². The Bertz CT molecular complexity index is 1610. The Kier molecular flexibility index (Phi) is 8.91. The number of nitrogens with one attached hydrogen (secondary N) is 1. The standard InChI is InChI=1S/C30H30Cl2N6O6/c1-37(17-18-8-4-2-5-9-18)27(43)38-15-14-28(44,19-10-6-3-7-11-19)29(23(33)39,24(34)40)30(38,25(35)41)26(42)36-20-12-13-21(31)22(32)16-20/h2-13,16,44H,14-15,17H2,1H3,(H2,33,39)(H2,34,40)(H2,35,41)(H,36,42). The van der Waals surface area contributed by atoms with Crippen LogP contribution in [0.5, 0.6) is 0 Å². The van der Waals surface area contributed by atoms with Crippen molar-refractivity contribution in [3.63, 3.8) is 0 Å². The van der Waals surface area contributed by atoms with Gasteiger partial charge in [0.2, 0.25) is 22.8 Å². The van der Waals surface area contributed by atoms with Crippen molar-refractivity contribution in [1.82, 2.24) is 9.80 Å². The number of nitrogens with zero attached hydrogens (tertiary/aromatic N) is 2. The number of carbonyl (C=O) groups excluding carboxylic acids is 5. The predicted molar refractivity (Wildman–Crippen MR) is 163 cm³/mol. The van der Waals surface area contributed by atoms with Crippen molar-refractivity contribution < 1.29 is 29.1 Å². The number of amides is 6. The van der Waals surface area contributed by atoms with Gasteiger partial charge in [0.05, 0.1) is 10.0 Å². The Morgan fingerprint density at radius 3 is 1.95 bits per heavy atom. The van der Waals surface area contributed by atoms with E-state index in [-0.39, 0.29) is 27.8 Å². The summed E-state index contributed by atoms with van der Waals surface area (Å²) in [7, 11) is 1.38. The van der Waals surface area contributed by atoms with Crippen molar-refractivity contribution in [2.24, 2.45) is 22.6 Å². The van der Waals surface area contributed by atoms with Gasteiger partial charge in [0.1, 0.15) is 5.60 Å². The van der Waals surface area contributed by atoms with Crippen LogP contribution in [-0.2, 0) is 31.3 Å². The van der Waals surface area contributed by atoms with Gasteiger partial charge in [-0.2, -0.15) is 0 Å². The lowest BCUT2D eigenvalue weighted by atomic mass is 9.51. The number of rotatable bonds is 8. The van der Waals surface area contributed by atoms with Crippen LogP contribution in [0.25, 0.3) is 0 Å². The monoisotopic (exact) mass is 640 g/mol. The number of benzene rings is 3. The molecule has 12 nitrogen and oxygen atoms in total. The lowest BCUT2D eigenvalue weighted by molar-refractivity contribution is -0.206. The third-order valence-corrected chi connectivity index (χ3v) is 8.68. The number of primary amides is 3.